The zero-order chi connectivity index (χ0) is 39.4. The molecule has 0 fully saturated rings. The van der Waals surface area contributed by atoms with Gasteiger partial charge in [0.1, 0.15) is 5.65 Å². The maximum absolute atomic E-state index is 4.77. The van der Waals surface area contributed by atoms with Crippen LogP contribution in [-0.4, -0.2) is 9.13 Å². The predicted octanol–water partition coefficient (Wildman–Crippen LogP) is 15.9. The first-order valence-electron chi connectivity index (χ1n) is 19.6. The standard InChI is InChI=1S/C50H40N2S6/c1-3-5-28-51-39-32-34(12-8-7-9-13-41(53)42-24-25-45(57-42)43-14-10-30-54-43)17-21-37(39)49-38-22-18-35(33-40(38)52(50(49)51)29-6-4-2)16-19-36-20-23-47(56-36)48-27-26-46(58-48)44-15-11-31-55-44/h7,9-11,13-15,17-18,20-27,30-33,53H,3-6,28-29H2,1-2H3/b9-7+,41-13-. The fourth-order valence-electron chi connectivity index (χ4n) is 7.32. The summed E-state index contributed by atoms with van der Waals surface area (Å²) in [6.45, 7) is 6.48. The fraction of sp³-hybridized carbons (Fsp3) is 0.160. The second kappa shape index (κ2) is 17.6. The van der Waals surface area contributed by atoms with Crippen molar-refractivity contribution in [2.45, 2.75) is 52.6 Å². The van der Waals surface area contributed by atoms with Crippen LogP contribution < -0.4 is 0 Å². The lowest BCUT2D eigenvalue weighted by Crippen LogP contribution is -2.05. The minimum absolute atomic E-state index is 0.942. The highest BCUT2D eigenvalue weighted by atomic mass is 32.1. The van der Waals surface area contributed by atoms with Gasteiger partial charge in [0.2, 0.25) is 0 Å². The molecule has 0 amide bonds. The number of nitrogens with zero attached hydrogens (tertiary/aromatic N) is 2. The predicted molar refractivity (Wildman–Crippen MR) is 262 cm³/mol. The number of fused-ring (bicyclic) bond motifs is 5. The lowest BCUT2D eigenvalue weighted by Gasteiger charge is -2.12. The number of thiophene rings is 5. The highest BCUT2D eigenvalue weighted by molar-refractivity contribution is 7.90. The molecular formula is C50H40N2S6. The van der Waals surface area contributed by atoms with Crippen LogP contribution in [0.5, 0.6) is 0 Å². The summed E-state index contributed by atoms with van der Waals surface area (Å²) in [5, 5.41) is 8.16. The molecule has 8 heteroatoms. The van der Waals surface area contributed by atoms with Crippen molar-refractivity contribution in [3.05, 3.63) is 147 Å². The molecule has 0 aliphatic heterocycles. The molecule has 0 saturated heterocycles. The van der Waals surface area contributed by atoms with Gasteiger partial charge in [0, 0.05) is 79.4 Å². The summed E-state index contributed by atoms with van der Waals surface area (Å²) >= 11 is 13.7. The average Bonchev–Trinajstić information content (AvgIpc) is 4.10. The van der Waals surface area contributed by atoms with Gasteiger partial charge in [-0.05, 0) is 109 Å². The Labute approximate surface area is 365 Å². The lowest BCUT2D eigenvalue weighted by atomic mass is 10.1. The molecule has 0 radical (unpaired) electrons. The van der Waals surface area contributed by atoms with Crippen LogP contribution in [0.1, 0.15) is 60.4 Å². The molecule has 9 rings (SSSR count). The molecule has 0 aliphatic carbocycles. The van der Waals surface area contributed by atoms with E-state index >= 15 is 0 Å². The number of unbranched alkanes of at least 4 members (excludes halogenated alkanes) is 2. The topological polar surface area (TPSA) is 9.86 Å². The molecule has 0 spiro atoms. The Bertz CT molecular complexity index is 3050. The molecule has 7 heterocycles. The monoisotopic (exact) mass is 860 g/mol. The van der Waals surface area contributed by atoms with Crippen molar-refractivity contribution >= 4 is 107 Å². The molecule has 0 saturated carbocycles. The van der Waals surface area contributed by atoms with Crippen LogP contribution in [0, 0.1) is 23.7 Å². The van der Waals surface area contributed by atoms with E-state index in [-0.39, 0.29) is 0 Å². The second-order valence-electron chi connectivity index (χ2n) is 14.0. The molecule has 2 nitrogen and oxygen atoms in total. The molecule has 58 heavy (non-hydrogen) atoms. The summed E-state index contributed by atoms with van der Waals surface area (Å²) in [6, 6.07) is 35.3. The van der Waals surface area contributed by atoms with Gasteiger partial charge in [-0.1, -0.05) is 80.7 Å². The first-order chi connectivity index (χ1) is 28.6. The minimum atomic E-state index is 0.942. The Hall–Kier alpha value is -4.77. The van der Waals surface area contributed by atoms with Crippen molar-refractivity contribution < 1.29 is 0 Å². The molecule has 286 valence electrons. The summed E-state index contributed by atoms with van der Waals surface area (Å²) in [5.74, 6) is 13.7. The second-order valence-corrected chi connectivity index (χ2v) is 19.7. The van der Waals surface area contributed by atoms with E-state index in [1.54, 1.807) is 45.3 Å². The largest absolute Gasteiger partial charge is 0.327 e. The first-order valence-corrected chi connectivity index (χ1v) is 24.3. The summed E-state index contributed by atoms with van der Waals surface area (Å²) in [4.78, 5) is 11.0. The summed E-state index contributed by atoms with van der Waals surface area (Å²) < 4.78 is 5.12. The maximum Gasteiger partial charge on any atom is 0.122 e. The van der Waals surface area contributed by atoms with Gasteiger partial charge in [0.05, 0.1) is 15.9 Å². The molecule has 2 aromatic carbocycles. The number of hydrogen-bond acceptors (Lipinski definition) is 6. The fourth-order valence-corrected chi connectivity index (χ4v) is 12.2. The van der Waals surface area contributed by atoms with Gasteiger partial charge in [-0.2, -0.15) is 0 Å². The highest BCUT2D eigenvalue weighted by Gasteiger charge is 2.20. The van der Waals surface area contributed by atoms with E-state index < -0.39 is 0 Å². The quantitative estimate of drug-likeness (QED) is 0.0754. The van der Waals surface area contributed by atoms with Crippen LogP contribution in [0.2, 0.25) is 0 Å². The van der Waals surface area contributed by atoms with Crippen LogP contribution in [-0.2, 0) is 13.1 Å². The molecular weight excluding hydrogens is 821 g/mol. The number of aryl methyl sites for hydroxylation is 2. The van der Waals surface area contributed by atoms with E-state index in [9.17, 15) is 0 Å². The Morgan fingerprint density at radius 1 is 0.621 bits per heavy atom. The maximum atomic E-state index is 4.77. The van der Waals surface area contributed by atoms with E-state index in [0.29, 0.717) is 0 Å². The zero-order valence-corrected chi connectivity index (χ0v) is 37.2. The average molecular weight is 861 g/mol. The molecule has 0 unspecified atom stereocenters. The number of benzene rings is 2. The molecule has 0 N–H and O–H groups in total. The van der Waals surface area contributed by atoms with Crippen LogP contribution >= 0.6 is 69.3 Å². The van der Waals surface area contributed by atoms with Gasteiger partial charge in [0.25, 0.3) is 0 Å². The molecule has 0 atom stereocenters. The first kappa shape index (κ1) is 38.7. The van der Waals surface area contributed by atoms with E-state index in [1.807, 2.05) is 29.6 Å². The van der Waals surface area contributed by atoms with E-state index in [2.05, 4.69) is 154 Å². The Morgan fingerprint density at radius 2 is 1.21 bits per heavy atom. The van der Waals surface area contributed by atoms with Gasteiger partial charge in [-0.3, -0.25) is 0 Å². The Balaban J connectivity index is 1.01. The van der Waals surface area contributed by atoms with E-state index in [1.165, 1.54) is 62.1 Å². The van der Waals surface area contributed by atoms with Gasteiger partial charge in [-0.25, -0.2) is 0 Å². The van der Waals surface area contributed by atoms with Gasteiger partial charge >= 0.3 is 0 Å². The third-order valence-corrected chi connectivity index (χ3v) is 16.2. The molecule has 7 aromatic heterocycles. The molecule has 0 aliphatic rings. The Morgan fingerprint density at radius 3 is 1.84 bits per heavy atom. The van der Waals surface area contributed by atoms with Crippen LogP contribution in [0.15, 0.2) is 126 Å². The van der Waals surface area contributed by atoms with Crippen molar-refractivity contribution in [3.8, 4) is 52.9 Å². The van der Waals surface area contributed by atoms with Crippen molar-refractivity contribution in [2.75, 3.05) is 0 Å². The normalized spacial score (nSPS) is 11.9. The summed E-state index contributed by atoms with van der Waals surface area (Å²) in [6.07, 6.45) is 10.4. The van der Waals surface area contributed by atoms with Gasteiger partial charge in [0.15, 0.2) is 0 Å². The minimum Gasteiger partial charge on any atom is -0.327 e. The van der Waals surface area contributed by atoms with Crippen LogP contribution in [0.4, 0.5) is 0 Å². The number of rotatable bonds is 11. The molecule has 0 bridgehead atoms. The lowest BCUT2D eigenvalue weighted by molar-refractivity contribution is 0.622. The summed E-state index contributed by atoms with van der Waals surface area (Å²) in [5.41, 5.74) is 5.89. The van der Waals surface area contributed by atoms with Gasteiger partial charge < -0.3 is 9.13 Å². The van der Waals surface area contributed by atoms with Crippen LogP contribution in [0.25, 0.3) is 67.0 Å². The number of hydrogen-bond donors (Lipinski definition) is 1. The van der Waals surface area contributed by atoms with E-state index in [0.717, 1.165) is 64.6 Å². The third kappa shape index (κ3) is 7.98. The third-order valence-electron chi connectivity index (χ3n) is 10.1. The van der Waals surface area contributed by atoms with Gasteiger partial charge in [-0.15, -0.1) is 69.3 Å². The number of thiol groups is 1. The smallest absolute Gasteiger partial charge is 0.122 e. The number of allylic oxidation sites excluding steroid dienone is 3. The van der Waals surface area contributed by atoms with Crippen molar-refractivity contribution in [1.82, 2.24) is 9.13 Å². The highest BCUT2D eigenvalue weighted by Crippen LogP contribution is 2.41. The van der Waals surface area contributed by atoms with E-state index in [4.69, 9.17) is 12.6 Å². The zero-order valence-electron chi connectivity index (χ0n) is 32.2. The van der Waals surface area contributed by atoms with Crippen molar-refractivity contribution in [2.24, 2.45) is 0 Å². The number of aromatic nitrogens is 2. The van der Waals surface area contributed by atoms with Crippen molar-refractivity contribution in [3.63, 3.8) is 0 Å². The SMILES string of the molecule is CCCCn1c2cc(C#C/C=C/C=C(\S)c3ccc(-c4cccs4)s3)ccc2c2c3ccc(C#Cc4ccc(-c5ccc(-c6cccs6)s5)s4)cc3n(CCCC)c21. The van der Waals surface area contributed by atoms with Crippen molar-refractivity contribution in [1.29, 1.82) is 0 Å². The summed E-state index contributed by atoms with van der Waals surface area (Å²) in [7, 11) is 0. The Kier molecular flexibility index (Phi) is 11.8. The molecule has 9 aromatic rings. The van der Waals surface area contributed by atoms with Crippen LogP contribution in [0.3, 0.4) is 0 Å².